The number of fused-ring (bicyclic) bond motifs is 1. The summed E-state index contributed by atoms with van der Waals surface area (Å²) in [6, 6.07) is 4.86. The van der Waals surface area contributed by atoms with E-state index in [1.807, 2.05) is 0 Å². The lowest BCUT2D eigenvalue weighted by Crippen LogP contribution is -2.23. The highest BCUT2D eigenvalue weighted by Gasteiger charge is 2.42. The summed E-state index contributed by atoms with van der Waals surface area (Å²) in [5.41, 5.74) is 1.87. The molecule has 0 saturated heterocycles. The number of thiazole rings is 1. The van der Waals surface area contributed by atoms with Crippen LogP contribution in [0.2, 0.25) is 0 Å². The molecule has 1 N–H and O–H groups in total. The Hall–Kier alpha value is -0.780. The van der Waals surface area contributed by atoms with Gasteiger partial charge in [0.05, 0.1) is 10.4 Å². The number of nitrogens with zero attached hydrogens (tertiary/aromatic N) is 1. The first-order valence-corrected chi connectivity index (χ1v) is 6.90. The first kappa shape index (κ1) is 11.3. The third-order valence-electron chi connectivity index (χ3n) is 3.20. The largest absolute Gasteiger partial charge is 0.379 e. The minimum atomic E-state index is -1.10. The minimum absolute atomic E-state index is 0.237. The highest BCUT2D eigenvalue weighted by molar-refractivity contribution is 9.10. The molecule has 2 nitrogen and oxygen atoms in total. The Morgan fingerprint density at radius 3 is 3.00 bits per heavy atom. The fraction of sp³-hybridized carbons (Fsp3) is 0.250. The Bertz CT molecular complexity index is 586. The summed E-state index contributed by atoms with van der Waals surface area (Å²) in [5.74, 6) is -0.237. The highest BCUT2D eigenvalue weighted by Crippen LogP contribution is 2.46. The number of hydrogen-bond acceptors (Lipinski definition) is 3. The molecule has 0 saturated carbocycles. The van der Waals surface area contributed by atoms with Gasteiger partial charge in [-0.3, -0.25) is 0 Å². The Kier molecular flexibility index (Phi) is 2.57. The van der Waals surface area contributed by atoms with E-state index >= 15 is 0 Å². The van der Waals surface area contributed by atoms with Crippen molar-refractivity contribution in [2.24, 2.45) is 0 Å². The van der Waals surface area contributed by atoms with E-state index in [1.54, 1.807) is 17.6 Å². The van der Waals surface area contributed by atoms with E-state index in [9.17, 15) is 9.50 Å². The maximum absolute atomic E-state index is 13.6. The molecule has 1 unspecified atom stereocenters. The molecule has 3 rings (SSSR count). The van der Waals surface area contributed by atoms with Crippen LogP contribution in [-0.4, -0.2) is 10.1 Å². The van der Waals surface area contributed by atoms with Crippen molar-refractivity contribution in [3.8, 4) is 0 Å². The molecule has 2 aromatic rings. The fourth-order valence-electron chi connectivity index (χ4n) is 2.38. The van der Waals surface area contributed by atoms with Crippen molar-refractivity contribution in [1.29, 1.82) is 0 Å². The van der Waals surface area contributed by atoms with Crippen molar-refractivity contribution >= 4 is 27.3 Å². The van der Waals surface area contributed by atoms with E-state index in [0.29, 0.717) is 28.6 Å². The van der Waals surface area contributed by atoms with Crippen molar-refractivity contribution in [3.05, 3.63) is 50.1 Å². The summed E-state index contributed by atoms with van der Waals surface area (Å²) >= 11 is 4.71. The van der Waals surface area contributed by atoms with Crippen LogP contribution in [0.4, 0.5) is 4.39 Å². The van der Waals surface area contributed by atoms with Gasteiger partial charge in [0.15, 0.2) is 0 Å². The van der Waals surface area contributed by atoms with Gasteiger partial charge in [0.2, 0.25) is 0 Å². The van der Waals surface area contributed by atoms with Gasteiger partial charge < -0.3 is 5.11 Å². The monoisotopic (exact) mass is 313 g/mol. The maximum atomic E-state index is 13.6. The number of halogens is 2. The van der Waals surface area contributed by atoms with Gasteiger partial charge >= 0.3 is 0 Å². The van der Waals surface area contributed by atoms with Crippen LogP contribution in [0.3, 0.4) is 0 Å². The van der Waals surface area contributed by atoms with E-state index in [-0.39, 0.29) is 5.82 Å². The maximum Gasteiger partial charge on any atom is 0.127 e. The van der Waals surface area contributed by atoms with Gasteiger partial charge in [0.25, 0.3) is 0 Å². The van der Waals surface area contributed by atoms with E-state index in [4.69, 9.17) is 0 Å². The van der Waals surface area contributed by atoms with Crippen LogP contribution in [0.1, 0.15) is 22.4 Å². The zero-order valence-electron chi connectivity index (χ0n) is 8.78. The predicted octanol–water partition coefficient (Wildman–Crippen LogP) is 3.23. The molecule has 0 fully saturated rings. The van der Waals surface area contributed by atoms with E-state index in [1.165, 1.54) is 17.4 Å². The van der Waals surface area contributed by atoms with Crippen molar-refractivity contribution in [1.82, 2.24) is 4.98 Å². The fourth-order valence-corrected chi connectivity index (χ4v) is 4.04. The van der Waals surface area contributed by atoms with Crippen LogP contribution >= 0.6 is 27.3 Å². The number of aromatic nitrogens is 1. The lowest BCUT2D eigenvalue weighted by Gasteiger charge is -2.22. The van der Waals surface area contributed by atoms with Gasteiger partial charge in [-0.15, -0.1) is 11.3 Å². The highest BCUT2D eigenvalue weighted by atomic mass is 79.9. The van der Waals surface area contributed by atoms with Crippen molar-refractivity contribution in [3.63, 3.8) is 0 Å². The van der Waals surface area contributed by atoms with Gasteiger partial charge in [-0.2, -0.15) is 0 Å². The summed E-state index contributed by atoms with van der Waals surface area (Å²) in [5, 5.41) is 10.8. The third-order valence-corrected chi connectivity index (χ3v) is 5.04. The molecule has 0 spiro atoms. The summed E-state index contributed by atoms with van der Waals surface area (Å²) in [6.45, 7) is 0. The average molecular weight is 314 g/mol. The Labute approximate surface area is 110 Å². The van der Waals surface area contributed by atoms with Gasteiger partial charge in [0.1, 0.15) is 16.0 Å². The summed E-state index contributed by atoms with van der Waals surface area (Å²) in [4.78, 5) is 4.83. The molecule has 5 heteroatoms. The second-order valence-corrected chi connectivity index (χ2v) is 5.70. The molecular formula is C12H9BrFNOS. The second-order valence-electron chi connectivity index (χ2n) is 4.10. The van der Waals surface area contributed by atoms with Crippen LogP contribution in [-0.2, 0) is 12.0 Å². The van der Waals surface area contributed by atoms with Crippen LogP contribution in [0.15, 0.2) is 28.3 Å². The molecule has 17 heavy (non-hydrogen) atoms. The Morgan fingerprint density at radius 2 is 2.29 bits per heavy atom. The van der Waals surface area contributed by atoms with Crippen LogP contribution in [0, 0.1) is 5.82 Å². The summed E-state index contributed by atoms with van der Waals surface area (Å²) in [7, 11) is 0. The molecule has 1 aromatic carbocycles. The number of rotatable bonds is 1. The lowest BCUT2D eigenvalue weighted by molar-refractivity contribution is 0.0858. The summed E-state index contributed by atoms with van der Waals surface area (Å²) in [6.07, 6.45) is 1.06. The van der Waals surface area contributed by atoms with Crippen molar-refractivity contribution in [2.45, 2.75) is 18.4 Å². The molecule has 1 aliphatic rings. The van der Waals surface area contributed by atoms with Crippen LogP contribution < -0.4 is 0 Å². The SMILES string of the molecule is OC1(c2scnc2Br)CCc2c(F)cccc21. The molecule has 0 radical (unpaired) electrons. The molecular weight excluding hydrogens is 305 g/mol. The van der Waals surface area contributed by atoms with Gasteiger partial charge in [-0.25, -0.2) is 9.37 Å². The van der Waals surface area contributed by atoms with E-state index in [2.05, 4.69) is 20.9 Å². The molecule has 88 valence electrons. The lowest BCUT2D eigenvalue weighted by atomic mass is 9.95. The average Bonchev–Trinajstić information content (AvgIpc) is 2.86. The van der Waals surface area contributed by atoms with E-state index < -0.39 is 5.60 Å². The molecule has 1 aromatic heterocycles. The molecule has 1 heterocycles. The second kappa shape index (κ2) is 3.86. The Balaban J connectivity index is 2.21. The van der Waals surface area contributed by atoms with Crippen LogP contribution in [0.25, 0.3) is 0 Å². The van der Waals surface area contributed by atoms with Gasteiger partial charge in [-0.05, 0) is 46.0 Å². The molecule has 0 amide bonds. The van der Waals surface area contributed by atoms with Gasteiger partial charge in [-0.1, -0.05) is 12.1 Å². The molecule has 1 aliphatic carbocycles. The van der Waals surface area contributed by atoms with Gasteiger partial charge in [0, 0.05) is 0 Å². The standard InChI is InChI=1S/C12H9BrFNOS/c13-11-10(17-6-15-11)12(16)5-4-7-8(12)2-1-3-9(7)14/h1-3,6,16H,4-5H2. The number of hydrogen-bond donors (Lipinski definition) is 1. The third kappa shape index (κ3) is 1.57. The quantitative estimate of drug-likeness (QED) is 0.877. The zero-order chi connectivity index (χ0) is 12.0. The molecule has 1 atom stereocenters. The summed E-state index contributed by atoms with van der Waals surface area (Å²) < 4.78 is 14.3. The van der Waals surface area contributed by atoms with Crippen molar-refractivity contribution < 1.29 is 9.50 Å². The van der Waals surface area contributed by atoms with Crippen LogP contribution in [0.5, 0.6) is 0 Å². The predicted molar refractivity (Wildman–Crippen MR) is 67.5 cm³/mol. The van der Waals surface area contributed by atoms with E-state index in [0.717, 1.165) is 4.88 Å². The first-order chi connectivity index (χ1) is 8.13. The smallest absolute Gasteiger partial charge is 0.127 e. The first-order valence-electron chi connectivity index (χ1n) is 5.22. The van der Waals surface area contributed by atoms with Crippen molar-refractivity contribution in [2.75, 3.05) is 0 Å². The Morgan fingerprint density at radius 1 is 1.47 bits per heavy atom. The normalized spacial score (nSPS) is 22.8. The molecule has 0 aliphatic heterocycles. The minimum Gasteiger partial charge on any atom is -0.379 e. The zero-order valence-corrected chi connectivity index (χ0v) is 11.2. The number of aliphatic hydroxyl groups is 1. The topological polar surface area (TPSA) is 33.1 Å². The number of benzene rings is 1. The molecule has 0 bridgehead atoms.